The van der Waals surface area contributed by atoms with Crippen LogP contribution >= 0.6 is 11.6 Å². The lowest BCUT2D eigenvalue weighted by atomic mass is 10.1. The zero-order valence-corrected chi connectivity index (χ0v) is 13.3. The molecule has 0 bridgehead atoms. The Bertz CT molecular complexity index is 587. The molecule has 2 rings (SSSR count). The molecule has 20 heavy (non-hydrogen) atoms. The molecule has 3 nitrogen and oxygen atoms in total. The van der Waals surface area contributed by atoms with Crippen LogP contribution in [0.1, 0.15) is 30.8 Å². The molecule has 1 N–H and O–H groups in total. The van der Waals surface area contributed by atoms with Gasteiger partial charge >= 0.3 is 0 Å². The maximum absolute atomic E-state index is 6.14. The van der Waals surface area contributed by atoms with Crippen molar-refractivity contribution < 1.29 is 0 Å². The van der Waals surface area contributed by atoms with E-state index in [0.29, 0.717) is 5.92 Å². The highest BCUT2D eigenvalue weighted by atomic mass is 35.5. The van der Waals surface area contributed by atoms with E-state index in [1.54, 1.807) is 0 Å². The van der Waals surface area contributed by atoms with Crippen LogP contribution in [0.5, 0.6) is 0 Å². The summed E-state index contributed by atoms with van der Waals surface area (Å²) >= 11 is 6.14. The Kier molecular flexibility index (Phi) is 4.84. The number of benzene rings is 1. The summed E-state index contributed by atoms with van der Waals surface area (Å²) in [6.45, 7) is 10.3. The molecule has 0 amide bonds. The highest BCUT2D eigenvalue weighted by Crippen LogP contribution is 2.22. The molecular formula is C16H22ClN3. The molecule has 4 heteroatoms. The van der Waals surface area contributed by atoms with Crippen molar-refractivity contribution in [2.45, 2.75) is 34.2 Å². The van der Waals surface area contributed by atoms with Gasteiger partial charge in [-0.1, -0.05) is 25.4 Å². The van der Waals surface area contributed by atoms with E-state index in [4.69, 9.17) is 11.6 Å². The van der Waals surface area contributed by atoms with Gasteiger partial charge in [0.05, 0.1) is 17.7 Å². The molecule has 0 unspecified atom stereocenters. The van der Waals surface area contributed by atoms with Crippen molar-refractivity contribution in [3.05, 3.63) is 46.5 Å². The van der Waals surface area contributed by atoms with Crippen molar-refractivity contribution in [3.8, 4) is 5.69 Å². The molecule has 1 heterocycles. The van der Waals surface area contributed by atoms with Crippen molar-refractivity contribution in [3.63, 3.8) is 0 Å². The predicted octanol–water partition coefficient (Wildman–Crippen LogP) is 3.89. The number of aryl methyl sites for hydroxylation is 1. The summed E-state index contributed by atoms with van der Waals surface area (Å²) in [6.07, 6.45) is 1.87. The number of nitrogens with one attached hydrogen (secondary N) is 1. The maximum atomic E-state index is 6.14. The molecule has 0 atom stereocenters. The Labute approximate surface area is 126 Å². The van der Waals surface area contributed by atoms with Gasteiger partial charge in [-0.25, -0.2) is 4.98 Å². The quantitative estimate of drug-likeness (QED) is 0.906. The van der Waals surface area contributed by atoms with Crippen molar-refractivity contribution in [1.29, 1.82) is 0 Å². The zero-order chi connectivity index (χ0) is 14.7. The third-order valence-corrected chi connectivity index (χ3v) is 3.66. The van der Waals surface area contributed by atoms with Gasteiger partial charge in [0.15, 0.2) is 0 Å². The lowest BCUT2D eigenvalue weighted by Crippen LogP contribution is -2.20. The van der Waals surface area contributed by atoms with E-state index >= 15 is 0 Å². The second-order valence-corrected chi connectivity index (χ2v) is 6.02. The van der Waals surface area contributed by atoms with E-state index in [-0.39, 0.29) is 0 Å². The minimum absolute atomic E-state index is 0.634. The molecule has 1 aromatic heterocycles. The molecule has 0 aliphatic rings. The van der Waals surface area contributed by atoms with Crippen LogP contribution in [-0.2, 0) is 6.54 Å². The predicted molar refractivity (Wildman–Crippen MR) is 84.6 cm³/mol. The lowest BCUT2D eigenvalue weighted by molar-refractivity contribution is 0.551. The Hall–Kier alpha value is -1.32. The van der Waals surface area contributed by atoms with Crippen molar-refractivity contribution in [1.82, 2.24) is 14.9 Å². The maximum Gasteiger partial charge on any atom is 0.0997 e. The van der Waals surface area contributed by atoms with Crippen LogP contribution in [0.4, 0.5) is 0 Å². The van der Waals surface area contributed by atoms with Crippen molar-refractivity contribution >= 4 is 11.6 Å². The van der Waals surface area contributed by atoms with Crippen LogP contribution < -0.4 is 5.32 Å². The fourth-order valence-corrected chi connectivity index (χ4v) is 2.36. The summed E-state index contributed by atoms with van der Waals surface area (Å²) in [5, 5.41) is 4.24. The Morgan fingerprint density at radius 2 is 2.05 bits per heavy atom. The second kappa shape index (κ2) is 6.42. The first-order chi connectivity index (χ1) is 9.49. The van der Waals surface area contributed by atoms with Gasteiger partial charge in [-0.2, -0.15) is 0 Å². The van der Waals surface area contributed by atoms with Crippen LogP contribution in [0.3, 0.4) is 0 Å². The minimum atomic E-state index is 0.634. The van der Waals surface area contributed by atoms with Gasteiger partial charge < -0.3 is 9.88 Å². The van der Waals surface area contributed by atoms with Crippen LogP contribution in [-0.4, -0.2) is 16.1 Å². The van der Waals surface area contributed by atoms with Gasteiger partial charge in [-0.3, -0.25) is 0 Å². The van der Waals surface area contributed by atoms with Gasteiger partial charge in [0.1, 0.15) is 0 Å². The SMILES string of the molecule is Cc1ncn(-c2ccc(Cl)cc2CNCC(C)C)c1C. The van der Waals surface area contributed by atoms with Crippen LogP contribution in [0.2, 0.25) is 5.02 Å². The first-order valence-corrected chi connectivity index (χ1v) is 7.37. The highest BCUT2D eigenvalue weighted by molar-refractivity contribution is 6.30. The summed E-state index contributed by atoms with van der Waals surface area (Å²) in [7, 11) is 0. The Morgan fingerprint density at radius 3 is 2.65 bits per heavy atom. The second-order valence-electron chi connectivity index (χ2n) is 5.58. The van der Waals surface area contributed by atoms with Crippen LogP contribution in [0, 0.1) is 19.8 Å². The third-order valence-electron chi connectivity index (χ3n) is 3.42. The minimum Gasteiger partial charge on any atom is -0.312 e. The topological polar surface area (TPSA) is 29.9 Å². The van der Waals surface area contributed by atoms with Crippen molar-refractivity contribution in [2.24, 2.45) is 5.92 Å². The summed E-state index contributed by atoms with van der Waals surface area (Å²) in [4.78, 5) is 4.37. The van der Waals surface area contributed by atoms with Gasteiger partial charge in [0.25, 0.3) is 0 Å². The molecule has 108 valence electrons. The van der Waals surface area contributed by atoms with Gasteiger partial charge in [0, 0.05) is 17.3 Å². The van der Waals surface area contributed by atoms with E-state index in [9.17, 15) is 0 Å². The molecule has 0 spiro atoms. The van der Waals surface area contributed by atoms with Gasteiger partial charge in [0.2, 0.25) is 0 Å². The fourth-order valence-electron chi connectivity index (χ4n) is 2.17. The van der Waals surface area contributed by atoms with Crippen LogP contribution in [0.15, 0.2) is 24.5 Å². The van der Waals surface area contributed by atoms with Crippen LogP contribution in [0.25, 0.3) is 5.69 Å². The average molecular weight is 292 g/mol. The highest BCUT2D eigenvalue weighted by Gasteiger charge is 2.09. The summed E-state index contributed by atoms with van der Waals surface area (Å²) in [6, 6.07) is 6.01. The zero-order valence-electron chi connectivity index (χ0n) is 12.6. The fraction of sp³-hybridized carbons (Fsp3) is 0.438. The summed E-state index contributed by atoms with van der Waals surface area (Å²) in [5.74, 6) is 0.634. The smallest absolute Gasteiger partial charge is 0.0997 e. The third kappa shape index (κ3) is 3.41. The molecule has 0 saturated heterocycles. The molecule has 0 aliphatic heterocycles. The molecular weight excluding hydrogens is 270 g/mol. The normalized spacial score (nSPS) is 11.3. The summed E-state index contributed by atoms with van der Waals surface area (Å²) in [5.41, 5.74) is 4.56. The molecule has 0 fully saturated rings. The first kappa shape index (κ1) is 15.1. The number of aromatic nitrogens is 2. The number of hydrogen-bond acceptors (Lipinski definition) is 2. The molecule has 0 saturated carbocycles. The Morgan fingerprint density at radius 1 is 1.30 bits per heavy atom. The number of hydrogen-bond donors (Lipinski definition) is 1. The molecule has 1 aromatic carbocycles. The van der Waals surface area contributed by atoms with Gasteiger partial charge in [-0.15, -0.1) is 0 Å². The van der Waals surface area contributed by atoms with E-state index < -0.39 is 0 Å². The largest absolute Gasteiger partial charge is 0.312 e. The number of rotatable bonds is 5. The van der Waals surface area contributed by atoms with Crippen molar-refractivity contribution in [2.75, 3.05) is 6.54 Å². The standard InChI is InChI=1S/C16H22ClN3/c1-11(2)8-18-9-14-7-15(17)5-6-16(14)20-10-19-12(3)13(20)4/h5-7,10-11,18H,8-9H2,1-4H3. The summed E-state index contributed by atoms with van der Waals surface area (Å²) < 4.78 is 2.12. The number of imidazole rings is 1. The van der Waals surface area contributed by atoms with E-state index in [1.807, 2.05) is 25.4 Å². The monoisotopic (exact) mass is 291 g/mol. The molecule has 0 radical (unpaired) electrons. The van der Waals surface area contributed by atoms with E-state index in [2.05, 4.69) is 41.7 Å². The van der Waals surface area contributed by atoms with E-state index in [0.717, 1.165) is 35.2 Å². The molecule has 0 aliphatic carbocycles. The molecule has 2 aromatic rings. The first-order valence-electron chi connectivity index (χ1n) is 6.99. The number of halogens is 1. The van der Waals surface area contributed by atoms with Gasteiger partial charge in [-0.05, 0) is 50.1 Å². The average Bonchev–Trinajstić information content (AvgIpc) is 2.70. The number of nitrogens with zero attached hydrogens (tertiary/aromatic N) is 2. The van der Waals surface area contributed by atoms with E-state index in [1.165, 1.54) is 5.56 Å². The Balaban J connectivity index is 2.30. The lowest BCUT2D eigenvalue weighted by Gasteiger charge is -2.14.